The Hall–Kier alpha value is 6.43. The van der Waals surface area contributed by atoms with Gasteiger partial charge in [-0.25, -0.2) is 0 Å². The van der Waals surface area contributed by atoms with Gasteiger partial charge in [-0.15, -0.1) is 5.62 Å². The van der Waals surface area contributed by atoms with Crippen LogP contribution >= 0.6 is 0 Å². The number of hydrogen-bond donors (Lipinski definition) is 0. The highest BCUT2D eigenvalue weighted by atomic mass is 13.7. The molecule has 302 valence electrons. The third-order valence-corrected chi connectivity index (χ3v) is 21.3. The molecule has 0 saturated carbocycles. The molecule has 0 atom stereocenters. The van der Waals surface area contributed by atoms with Crippen LogP contribution in [0.1, 0.15) is 0 Å². The Morgan fingerprint density at radius 2 is 0.170 bits per heavy atom. The summed E-state index contributed by atoms with van der Waals surface area (Å²) in [5, 5.41) is 0. The molecule has 0 unspecified atom stereocenters. The van der Waals surface area contributed by atoms with Gasteiger partial charge in [0.05, 0.1) is 0 Å². The van der Waals surface area contributed by atoms with Gasteiger partial charge < -0.3 is 0 Å². The Balaban J connectivity index is 14.7. The van der Waals surface area contributed by atoms with Crippen molar-refractivity contribution in [2.24, 2.45) is 0 Å². The summed E-state index contributed by atoms with van der Waals surface area (Å²) in [4.78, 5) is 0. The molecule has 100 heavy (non-hydrogen) atoms. The molecule has 99 heteroatoms. The van der Waals surface area contributed by atoms with E-state index in [-0.39, 0.29) is 0 Å². The molecule has 0 aromatic carbocycles. The lowest BCUT2D eigenvalue weighted by Gasteiger charge is -2.64. The van der Waals surface area contributed by atoms with Crippen LogP contribution in [0.15, 0.2) is 0 Å². The standard InChI is InChI=1S/CHB99/c2-56(3)81(52)100(99(79(48)49)80(50)51)87(98(77(44)45)78(46)47)55(86(96(73(36)37)74(38)39)97(75(40)41)76(42)43)1(53(82(88(57(4)5)58(6)7)89(59(8)9)60(10)11)83(90(61(12)13)62(14)15)91(63(16)17)64(18)19)54(84(92(65(20)21)66(22)23)93(67(24)25)68(26)27)85(94(69(28)29)70(30)31)95(71(32)33)72(34)35/h1H. The average molecular weight is 1080 g/mol. The molecule has 0 amide bonds. The first-order valence-electron chi connectivity index (χ1n) is 33.0. The first kappa shape index (κ1) is 106. The fourth-order valence-corrected chi connectivity index (χ4v) is 18.0. The quantitative estimate of drug-likeness (QED) is 0.0533. The van der Waals surface area contributed by atoms with Crippen LogP contribution in [0.3, 0.4) is 0 Å². The number of rotatable bonds is 48. The summed E-state index contributed by atoms with van der Waals surface area (Å²) in [5.74, 6) is 0. The van der Waals surface area contributed by atoms with Crippen molar-refractivity contribution < 1.29 is 0 Å². The van der Waals surface area contributed by atoms with Crippen LogP contribution < -0.4 is 0 Å². The summed E-state index contributed by atoms with van der Waals surface area (Å²) in [6, 6.07) is 0. The molecule has 0 N–H and O–H groups in total. The van der Waals surface area contributed by atoms with Crippen LogP contribution in [-0.2, 0) is 0 Å². The third-order valence-electron chi connectivity index (χ3n) is 21.3. The van der Waals surface area contributed by atoms with Crippen LogP contribution in [0, 0.1) is 0 Å². The molecule has 0 bridgehead atoms. The van der Waals surface area contributed by atoms with E-state index in [1.54, 1.807) is 0 Å². The Labute approximate surface area is 699 Å². The van der Waals surface area contributed by atoms with E-state index in [0.717, 1.165) is 0 Å². The molecule has 0 aromatic rings. The predicted molar refractivity (Wildman–Crippen MR) is 573 cm³/mol. The summed E-state index contributed by atoms with van der Waals surface area (Å²) >= 11 is 0. The lowest BCUT2D eigenvalue weighted by molar-refractivity contribution is 1.80. The zero-order valence-corrected chi connectivity index (χ0v) is 57.7. The molecule has 0 saturated heterocycles. The van der Waals surface area contributed by atoms with Crippen molar-refractivity contribution in [3.8, 4) is 0 Å². The fourth-order valence-electron chi connectivity index (χ4n) is 18.0. The SMILES string of the molecule is [B]B([B])B([B])B(B(B([B])[B])B([B])[B])B(B(B([B])[B])B([B])[B])B(B(B(B([B])[B])B([B])[B])B(B([B])[B])B([B])[B])C(B(B(B(B([B])[B])B([B])[B])B(B([B])[B])B([B])[B])B(B(B([B])[B])B([B])[B])B(B([B])[B])B([B])[B])B(B(B(B([B])[B])B([B])[B])B(B([B])[B])B([B])[B])B(B(B([B])[B])B([B])[B])B(B([B])[B])B([B])[B]. The Morgan fingerprint density at radius 3 is 0.250 bits per heavy atom. The second-order valence-electron chi connectivity index (χ2n) is 28.3. The maximum Gasteiger partial charge on any atom is 0.0294 e. The van der Waals surface area contributed by atoms with Crippen LogP contribution in [0.2, 0.25) is 5.62 Å². The Morgan fingerprint density at radius 1 is 0.0900 bits per heavy atom. The number of hydrogen-bond acceptors (Lipinski definition) is 0. The maximum atomic E-state index is 7.56. The average Bonchev–Trinajstić information content (AvgIpc) is 3.39. The minimum absolute atomic E-state index is 1.71. The first-order valence-corrected chi connectivity index (χ1v) is 33.0. The maximum absolute atomic E-state index is 7.56. The second kappa shape index (κ2) is 48.8. The van der Waals surface area contributed by atoms with Crippen LogP contribution in [0.5, 0.6) is 0 Å². The van der Waals surface area contributed by atoms with E-state index < -0.39 is 312 Å². The molecule has 0 aliphatic carbocycles. The van der Waals surface area contributed by atoms with Gasteiger partial charge in [0.25, 0.3) is 0 Å². The van der Waals surface area contributed by atoms with Crippen LogP contribution in [0.25, 0.3) is 0 Å². The van der Waals surface area contributed by atoms with Crippen molar-refractivity contribution in [3.05, 3.63) is 0 Å². The van der Waals surface area contributed by atoms with E-state index in [0.29, 0.717) is 0 Å². The van der Waals surface area contributed by atoms with E-state index in [1.807, 2.05) is 0 Å². The Kier molecular flexibility index (Phi) is 52.0. The van der Waals surface area contributed by atoms with Crippen LogP contribution in [-0.4, -0.2) is 701 Å². The summed E-state index contributed by atoms with van der Waals surface area (Å²) in [6.45, 7) is -6.64. The van der Waals surface area contributed by atoms with Crippen molar-refractivity contribution in [2.75, 3.05) is 0 Å². The van der Waals surface area contributed by atoms with E-state index in [2.05, 4.69) is 0 Å². The molecule has 0 aliphatic rings. The molecule has 0 spiro atoms. The molecule has 0 rings (SSSR count). The van der Waals surface area contributed by atoms with Crippen molar-refractivity contribution in [2.45, 2.75) is 5.62 Å². The molecule has 0 fully saturated rings. The van der Waals surface area contributed by atoms with E-state index in [4.69, 9.17) is 395 Å². The van der Waals surface area contributed by atoms with Crippen molar-refractivity contribution >= 4 is 701 Å². The zero-order chi connectivity index (χ0) is 79.3. The predicted octanol–water partition coefficient (Wildman–Crippen LogP) is -37.4. The van der Waals surface area contributed by atoms with Gasteiger partial charge in [-0.1, -0.05) is 0 Å². The lowest BCUT2D eigenvalue weighted by Crippen LogP contribution is -2.96. The lowest BCUT2D eigenvalue weighted by atomic mass is 8.26. The largest absolute Gasteiger partial charge is 0.146 e. The Bertz CT molecular complexity index is 1700. The summed E-state index contributed by atoms with van der Waals surface area (Å²) in [6.07, 6.45) is -84.4. The third kappa shape index (κ3) is 28.4. The minimum atomic E-state index is -2.33. The molecular weight excluding hydrogens is 1080 g/mol. The normalized spacial score (nSPS) is 9.93. The van der Waals surface area contributed by atoms with Gasteiger partial charge in [-0.2, -0.15) is 0 Å². The van der Waals surface area contributed by atoms with Gasteiger partial charge in [-0.05, 0) is 0 Å². The van der Waals surface area contributed by atoms with Gasteiger partial charge in [0.15, 0.2) is 0 Å². The minimum Gasteiger partial charge on any atom is -0.146 e. The van der Waals surface area contributed by atoms with E-state index >= 15 is 0 Å². The van der Waals surface area contributed by atoms with Crippen molar-refractivity contribution in [1.29, 1.82) is 0 Å². The highest BCUT2D eigenvalue weighted by Crippen LogP contribution is 2.38. The van der Waals surface area contributed by atoms with Crippen LogP contribution in [0.4, 0.5) is 0 Å². The van der Waals surface area contributed by atoms with Gasteiger partial charge in [0.1, 0.15) is 0 Å². The van der Waals surface area contributed by atoms with Gasteiger partial charge in [0, 0.05) is 701 Å². The first-order chi connectivity index (χ1) is 45.4. The molecule has 0 aromatic heterocycles. The van der Waals surface area contributed by atoms with Gasteiger partial charge in [-0.3, -0.25) is 0 Å². The van der Waals surface area contributed by atoms with E-state index in [9.17, 15) is 0 Å². The topological polar surface area (TPSA) is 0 Å². The molecule has 0 nitrogen and oxygen atoms in total. The van der Waals surface area contributed by atoms with E-state index in [1.165, 1.54) is 0 Å². The molecule has 102 radical (unpaired) electrons. The summed E-state index contributed by atoms with van der Waals surface area (Å²) in [5.41, 5.74) is -2.33. The monoisotopic (exact) mass is 1100 g/mol. The summed E-state index contributed by atoms with van der Waals surface area (Å²) in [7, 11) is 363. The molecular formula is CHB99. The molecule has 0 aliphatic heterocycles. The summed E-state index contributed by atoms with van der Waals surface area (Å²) < 4.78 is 0. The highest BCUT2D eigenvalue weighted by molar-refractivity contribution is 8.34. The van der Waals surface area contributed by atoms with Gasteiger partial charge in [0.2, 0.25) is 0 Å². The zero-order valence-electron chi connectivity index (χ0n) is 57.7. The van der Waals surface area contributed by atoms with Crippen molar-refractivity contribution in [1.82, 2.24) is 0 Å². The van der Waals surface area contributed by atoms with Crippen molar-refractivity contribution in [3.63, 3.8) is 0 Å². The van der Waals surface area contributed by atoms with Gasteiger partial charge >= 0.3 is 0 Å². The highest BCUT2D eigenvalue weighted by Gasteiger charge is 2.68. The fraction of sp³-hybridized carbons (Fsp3) is 1.00. The molecule has 0 heterocycles. The smallest absolute Gasteiger partial charge is 0.0294 e. The second-order valence-corrected chi connectivity index (χ2v) is 28.3.